The Morgan fingerprint density at radius 2 is 1.88 bits per heavy atom. The highest BCUT2D eigenvalue weighted by molar-refractivity contribution is 7.99. The van der Waals surface area contributed by atoms with Crippen molar-refractivity contribution in [2.45, 2.75) is 13.3 Å². The number of aryl methyl sites for hydroxylation is 1. The van der Waals surface area contributed by atoms with Crippen molar-refractivity contribution in [1.82, 2.24) is 4.90 Å². The molecule has 0 amide bonds. The van der Waals surface area contributed by atoms with Crippen molar-refractivity contribution in [2.24, 2.45) is 0 Å². The van der Waals surface area contributed by atoms with E-state index >= 15 is 0 Å². The quantitative estimate of drug-likeness (QED) is 0.765. The molecule has 2 nitrogen and oxygen atoms in total. The average Bonchev–Trinajstić information content (AvgIpc) is 2.38. The lowest BCUT2D eigenvalue weighted by atomic mass is 10.1. The van der Waals surface area contributed by atoms with Crippen LogP contribution >= 0.6 is 11.8 Å². The molecule has 1 aromatic carbocycles. The Labute approximate surface area is 107 Å². The van der Waals surface area contributed by atoms with Gasteiger partial charge in [-0.05, 0) is 6.92 Å². The Balaban J connectivity index is 1.82. The van der Waals surface area contributed by atoms with Gasteiger partial charge in [-0.25, -0.2) is 0 Å². The van der Waals surface area contributed by atoms with Crippen LogP contribution in [0.2, 0.25) is 0 Å². The van der Waals surface area contributed by atoms with Gasteiger partial charge >= 0.3 is 0 Å². The van der Waals surface area contributed by atoms with Gasteiger partial charge in [0.15, 0.2) is 5.78 Å². The number of benzene rings is 1. The molecule has 1 aliphatic rings. The highest BCUT2D eigenvalue weighted by atomic mass is 32.2. The van der Waals surface area contributed by atoms with E-state index in [-0.39, 0.29) is 5.78 Å². The Morgan fingerprint density at radius 3 is 2.53 bits per heavy atom. The number of carbonyl (C=O) groups excluding carboxylic acids is 1. The van der Waals surface area contributed by atoms with Gasteiger partial charge in [0.05, 0.1) is 0 Å². The highest BCUT2D eigenvalue weighted by Gasteiger charge is 2.12. The maximum atomic E-state index is 12.0. The van der Waals surface area contributed by atoms with E-state index in [0.717, 1.165) is 25.2 Å². The number of nitrogens with zero attached hydrogens (tertiary/aromatic N) is 1. The topological polar surface area (TPSA) is 20.3 Å². The fraction of sp³-hybridized carbons (Fsp3) is 0.500. The van der Waals surface area contributed by atoms with Crippen LogP contribution in [0.4, 0.5) is 0 Å². The zero-order valence-electron chi connectivity index (χ0n) is 10.3. The molecule has 0 radical (unpaired) electrons. The van der Waals surface area contributed by atoms with Crippen molar-refractivity contribution in [3.63, 3.8) is 0 Å². The minimum atomic E-state index is 0.267. The van der Waals surface area contributed by atoms with Gasteiger partial charge in [0.2, 0.25) is 0 Å². The molecule has 1 heterocycles. The number of hydrogen-bond donors (Lipinski definition) is 0. The molecule has 1 aromatic rings. The van der Waals surface area contributed by atoms with Gasteiger partial charge in [-0.3, -0.25) is 4.79 Å². The Morgan fingerprint density at radius 1 is 1.24 bits per heavy atom. The van der Waals surface area contributed by atoms with Crippen LogP contribution in [0.5, 0.6) is 0 Å². The van der Waals surface area contributed by atoms with Crippen molar-refractivity contribution in [3.05, 3.63) is 35.4 Å². The van der Waals surface area contributed by atoms with E-state index in [0.29, 0.717) is 6.42 Å². The van der Waals surface area contributed by atoms with E-state index in [9.17, 15) is 4.79 Å². The maximum absolute atomic E-state index is 12.0. The van der Waals surface area contributed by atoms with Crippen LogP contribution in [0.15, 0.2) is 24.3 Å². The summed E-state index contributed by atoms with van der Waals surface area (Å²) in [5.41, 5.74) is 2.05. The molecular formula is C14H19NOS. The lowest BCUT2D eigenvalue weighted by Gasteiger charge is -2.25. The fourth-order valence-corrected chi connectivity index (χ4v) is 2.95. The van der Waals surface area contributed by atoms with Gasteiger partial charge in [0, 0.05) is 43.1 Å². The zero-order valence-corrected chi connectivity index (χ0v) is 11.1. The SMILES string of the molecule is Cc1ccc(C(=O)CCN2CCSCC2)cc1. The molecule has 2 rings (SSSR count). The second-order valence-electron chi connectivity index (χ2n) is 4.49. The summed E-state index contributed by atoms with van der Waals surface area (Å²) in [6.45, 7) is 5.21. The van der Waals surface area contributed by atoms with Gasteiger partial charge in [-0.2, -0.15) is 11.8 Å². The molecule has 0 N–H and O–H groups in total. The molecule has 0 saturated carbocycles. The minimum Gasteiger partial charge on any atom is -0.301 e. The van der Waals surface area contributed by atoms with Gasteiger partial charge in [0.1, 0.15) is 0 Å². The first-order valence-corrected chi connectivity index (χ1v) is 7.31. The van der Waals surface area contributed by atoms with Crippen LogP contribution in [-0.4, -0.2) is 41.8 Å². The first kappa shape index (κ1) is 12.7. The van der Waals surface area contributed by atoms with Crippen molar-refractivity contribution < 1.29 is 4.79 Å². The third-order valence-corrected chi connectivity index (χ3v) is 4.07. The van der Waals surface area contributed by atoms with E-state index < -0.39 is 0 Å². The van der Waals surface area contributed by atoms with E-state index in [1.54, 1.807) is 0 Å². The van der Waals surface area contributed by atoms with Gasteiger partial charge < -0.3 is 4.90 Å². The standard InChI is InChI=1S/C14H19NOS/c1-12-2-4-13(5-3-12)14(16)6-7-15-8-10-17-11-9-15/h2-5H,6-11H2,1H3. The molecule has 0 spiro atoms. The number of Topliss-reactive ketones (excluding diaryl/α,β-unsaturated/α-hetero) is 1. The van der Waals surface area contributed by atoms with Gasteiger partial charge in [-0.1, -0.05) is 29.8 Å². The number of hydrogen-bond acceptors (Lipinski definition) is 3. The normalized spacial score (nSPS) is 17.0. The Bertz CT molecular complexity index is 368. The van der Waals surface area contributed by atoms with Crippen molar-refractivity contribution in [3.8, 4) is 0 Å². The monoisotopic (exact) mass is 249 g/mol. The molecule has 1 saturated heterocycles. The third kappa shape index (κ3) is 3.86. The summed E-state index contributed by atoms with van der Waals surface area (Å²) < 4.78 is 0. The first-order chi connectivity index (χ1) is 8.25. The molecule has 0 aliphatic carbocycles. The Hall–Kier alpha value is -0.800. The molecule has 0 unspecified atom stereocenters. The van der Waals surface area contributed by atoms with Crippen LogP contribution in [-0.2, 0) is 0 Å². The van der Waals surface area contributed by atoms with E-state index in [1.807, 2.05) is 43.0 Å². The molecule has 1 aliphatic heterocycles. The minimum absolute atomic E-state index is 0.267. The average molecular weight is 249 g/mol. The van der Waals surface area contributed by atoms with Crippen molar-refractivity contribution in [1.29, 1.82) is 0 Å². The summed E-state index contributed by atoms with van der Waals surface area (Å²) in [6.07, 6.45) is 0.647. The van der Waals surface area contributed by atoms with E-state index in [4.69, 9.17) is 0 Å². The van der Waals surface area contributed by atoms with Gasteiger partial charge in [-0.15, -0.1) is 0 Å². The molecular weight excluding hydrogens is 230 g/mol. The summed E-state index contributed by atoms with van der Waals surface area (Å²) in [7, 11) is 0. The molecule has 0 aromatic heterocycles. The van der Waals surface area contributed by atoms with E-state index in [1.165, 1.54) is 17.1 Å². The number of ketones is 1. The summed E-state index contributed by atoms with van der Waals surface area (Å²) in [5, 5.41) is 0. The molecule has 0 bridgehead atoms. The number of thioether (sulfide) groups is 1. The van der Waals surface area contributed by atoms with Crippen LogP contribution < -0.4 is 0 Å². The summed E-state index contributed by atoms with van der Waals surface area (Å²) in [5.74, 6) is 2.68. The molecule has 0 atom stereocenters. The second-order valence-corrected chi connectivity index (χ2v) is 5.72. The fourth-order valence-electron chi connectivity index (χ4n) is 1.97. The summed E-state index contributed by atoms with van der Waals surface area (Å²) >= 11 is 2.00. The van der Waals surface area contributed by atoms with Crippen LogP contribution in [0.1, 0.15) is 22.3 Å². The van der Waals surface area contributed by atoms with Crippen molar-refractivity contribution in [2.75, 3.05) is 31.1 Å². The lowest BCUT2D eigenvalue weighted by Crippen LogP contribution is -2.34. The summed E-state index contributed by atoms with van der Waals surface area (Å²) in [6, 6.07) is 7.88. The number of carbonyl (C=O) groups is 1. The molecule has 1 fully saturated rings. The van der Waals surface area contributed by atoms with Gasteiger partial charge in [0.25, 0.3) is 0 Å². The van der Waals surface area contributed by atoms with Crippen LogP contribution in [0.3, 0.4) is 0 Å². The molecule has 17 heavy (non-hydrogen) atoms. The number of rotatable bonds is 4. The third-order valence-electron chi connectivity index (χ3n) is 3.13. The molecule has 92 valence electrons. The highest BCUT2D eigenvalue weighted by Crippen LogP contribution is 2.11. The molecule has 3 heteroatoms. The largest absolute Gasteiger partial charge is 0.301 e. The van der Waals surface area contributed by atoms with Crippen LogP contribution in [0.25, 0.3) is 0 Å². The van der Waals surface area contributed by atoms with Crippen molar-refractivity contribution >= 4 is 17.5 Å². The predicted molar refractivity (Wildman–Crippen MR) is 73.9 cm³/mol. The maximum Gasteiger partial charge on any atom is 0.164 e. The van der Waals surface area contributed by atoms with Crippen LogP contribution in [0, 0.1) is 6.92 Å². The second kappa shape index (κ2) is 6.22. The first-order valence-electron chi connectivity index (χ1n) is 6.16. The summed E-state index contributed by atoms with van der Waals surface area (Å²) in [4.78, 5) is 14.4. The Kier molecular flexibility index (Phi) is 4.63. The lowest BCUT2D eigenvalue weighted by molar-refractivity contribution is 0.0966. The van der Waals surface area contributed by atoms with E-state index in [2.05, 4.69) is 4.90 Å². The zero-order chi connectivity index (χ0) is 12.1. The smallest absolute Gasteiger partial charge is 0.164 e. The predicted octanol–water partition coefficient (Wildman–Crippen LogP) is 2.62.